The van der Waals surface area contributed by atoms with Gasteiger partial charge in [0.15, 0.2) is 0 Å². The van der Waals surface area contributed by atoms with E-state index in [2.05, 4.69) is 26.6 Å². The third-order valence-electron chi connectivity index (χ3n) is 17.6. The number of rotatable bonds is 41. The Labute approximate surface area is 549 Å². The Hall–Kier alpha value is -7.32. The summed E-state index contributed by atoms with van der Waals surface area (Å²) in [6, 6.07) is 1.56. The fraction of sp³-hybridized carbons (Fsp3) is 0.701. The van der Waals surface area contributed by atoms with Crippen LogP contribution < -0.4 is 26.6 Å². The standard InChI is InChI=1S/C67H108N10O16/c1-16-43(6)58(75(13)64(88)56(41(2)3)72-63(87)57(42(4)5)73(11)35-22-23-36-74(12)66(91)67(8,9)10)50(92-14)40-54(81)76-37-24-28-49(76)59(93-15)44(7)60(84)71-48(39-45-25-18-17-19-26-45)62(86)69-46(29-32-55(82)83)61(85)70-47(65(89)90)27-20-21-34-68-51(78)33-38-77-52(79)30-31-53(77)80/h17-19,25-26,30-31,41-44,46-50,56-59H,16,20-24,27-29,32-40H2,1-15H3,(H,68,78)(H,69,86)(H,70,85)(H,71,84)(H,72,87)(H,82,83)(H,89,90)/t43-,44+,46-,47-,48-,49-,50+,56-,57-,58-,59+/m0/s1. The zero-order valence-electron chi connectivity index (χ0n) is 57.6. The highest BCUT2D eigenvalue weighted by atomic mass is 16.5. The number of hydrogen-bond acceptors (Lipinski definition) is 15. The summed E-state index contributed by atoms with van der Waals surface area (Å²) in [6.45, 7) is 20.4. The molecule has 0 aliphatic carbocycles. The molecule has 26 heteroatoms. The van der Waals surface area contributed by atoms with Crippen molar-refractivity contribution in [1.82, 2.24) is 51.1 Å². The van der Waals surface area contributed by atoms with Crippen molar-refractivity contribution in [2.75, 3.05) is 68.1 Å². The van der Waals surface area contributed by atoms with Crippen LogP contribution in [0.1, 0.15) is 152 Å². The number of likely N-dealkylation sites (N-methyl/N-ethyl adjacent to an activating group) is 2. The van der Waals surface area contributed by atoms with Crippen molar-refractivity contribution in [2.45, 2.75) is 207 Å². The van der Waals surface area contributed by atoms with Gasteiger partial charge in [0.05, 0.1) is 42.7 Å². The van der Waals surface area contributed by atoms with Gasteiger partial charge in [-0.2, -0.15) is 0 Å². The smallest absolute Gasteiger partial charge is 0.326 e. The Morgan fingerprint density at radius 2 is 1.31 bits per heavy atom. The lowest BCUT2D eigenvalue weighted by Crippen LogP contribution is -2.60. The number of imide groups is 1. The summed E-state index contributed by atoms with van der Waals surface area (Å²) in [4.78, 5) is 167. The summed E-state index contributed by atoms with van der Waals surface area (Å²) >= 11 is 0. The van der Waals surface area contributed by atoms with Crippen molar-refractivity contribution in [3.05, 3.63) is 48.0 Å². The van der Waals surface area contributed by atoms with E-state index in [1.807, 2.05) is 74.3 Å². The van der Waals surface area contributed by atoms with E-state index in [9.17, 15) is 67.7 Å². The largest absolute Gasteiger partial charge is 0.481 e. The maximum absolute atomic E-state index is 14.8. The molecule has 0 aromatic heterocycles. The highest BCUT2D eigenvalue weighted by Gasteiger charge is 2.44. The average molecular weight is 1310 g/mol. The van der Waals surface area contributed by atoms with E-state index >= 15 is 0 Å². The van der Waals surface area contributed by atoms with E-state index in [-0.39, 0.29) is 93.0 Å². The second-order valence-electron chi connectivity index (χ2n) is 26.6. The molecule has 522 valence electrons. The number of unbranched alkanes of at least 4 members (excludes halogenated alkanes) is 2. The van der Waals surface area contributed by atoms with Crippen LogP contribution in [0.2, 0.25) is 0 Å². The van der Waals surface area contributed by atoms with E-state index in [1.54, 1.807) is 66.1 Å². The quantitative estimate of drug-likeness (QED) is 0.0364. The van der Waals surface area contributed by atoms with Crippen LogP contribution in [0.15, 0.2) is 42.5 Å². The van der Waals surface area contributed by atoms with Gasteiger partial charge >= 0.3 is 11.9 Å². The minimum absolute atomic E-state index is 0.0587. The summed E-state index contributed by atoms with van der Waals surface area (Å²) in [6.07, 6.45) is 2.62. The van der Waals surface area contributed by atoms with Crippen LogP contribution >= 0.6 is 0 Å². The maximum atomic E-state index is 14.8. The van der Waals surface area contributed by atoms with Crippen molar-refractivity contribution in [1.29, 1.82) is 0 Å². The predicted molar refractivity (Wildman–Crippen MR) is 348 cm³/mol. The summed E-state index contributed by atoms with van der Waals surface area (Å²) in [5.74, 6) is -9.14. The Balaban J connectivity index is 1.77. The molecule has 93 heavy (non-hydrogen) atoms. The molecule has 0 bridgehead atoms. The van der Waals surface area contributed by atoms with Crippen molar-refractivity contribution >= 4 is 71.0 Å². The van der Waals surface area contributed by atoms with Crippen LogP contribution in [0.5, 0.6) is 0 Å². The number of carbonyl (C=O) groups is 12. The van der Waals surface area contributed by atoms with Gasteiger partial charge in [0, 0.05) is 91.3 Å². The Bertz CT molecular complexity index is 2700. The Morgan fingerprint density at radius 1 is 0.710 bits per heavy atom. The molecular formula is C67H108N10O16. The molecule has 0 unspecified atom stereocenters. The van der Waals surface area contributed by atoms with Gasteiger partial charge in [0.1, 0.15) is 24.2 Å². The van der Waals surface area contributed by atoms with Crippen molar-refractivity contribution in [2.24, 2.45) is 29.1 Å². The minimum Gasteiger partial charge on any atom is -0.481 e. The molecule has 7 N–H and O–H groups in total. The number of carbonyl (C=O) groups excluding carboxylic acids is 10. The lowest BCUT2D eigenvalue weighted by molar-refractivity contribution is -0.148. The fourth-order valence-electron chi connectivity index (χ4n) is 12.2. The number of ether oxygens (including phenoxy) is 2. The van der Waals surface area contributed by atoms with Gasteiger partial charge in [-0.25, -0.2) is 4.79 Å². The predicted octanol–water partition coefficient (Wildman–Crippen LogP) is 3.54. The Kier molecular flexibility index (Phi) is 33.3. The average Bonchev–Trinajstić information content (AvgIpc) is 1.83. The molecule has 2 aliphatic heterocycles. The molecule has 1 saturated heterocycles. The number of aliphatic carboxylic acids is 2. The number of hydrogen-bond donors (Lipinski definition) is 7. The van der Waals surface area contributed by atoms with Crippen LogP contribution in [0.3, 0.4) is 0 Å². The van der Waals surface area contributed by atoms with Crippen molar-refractivity contribution in [3.8, 4) is 0 Å². The van der Waals surface area contributed by atoms with Gasteiger partial charge in [0.2, 0.25) is 47.3 Å². The number of nitrogens with zero attached hydrogens (tertiary/aromatic N) is 5. The fourth-order valence-corrected chi connectivity index (χ4v) is 12.2. The molecular weight excluding hydrogens is 1200 g/mol. The van der Waals surface area contributed by atoms with Gasteiger partial charge < -0.3 is 61.0 Å². The molecule has 26 nitrogen and oxygen atoms in total. The van der Waals surface area contributed by atoms with Gasteiger partial charge in [-0.3, -0.25) is 62.5 Å². The second-order valence-corrected chi connectivity index (χ2v) is 26.6. The third kappa shape index (κ3) is 24.8. The summed E-state index contributed by atoms with van der Waals surface area (Å²) in [5.41, 5.74) is 0.128. The molecule has 1 fully saturated rings. The number of benzene rings is 1. The molecule has 2 heterocycles. The molecule has 11 atom stereocenters. The molecule has 0 spiro atoms. The van der Waals surface area contributed by atoms with Crippen LogP contribution in [0.4, 0.5) is 0 Å². The summed E-state index contributed by atoms with van der Waals surface area (Å²) in [5, 5.41) is 33.3. The summed E-state index contributed by atoms with van der Waals surface area (Å²) in [7, 11) is 8.27. The summed E-state index contributed by atoms with van der Waals surface area (Å²) < 4.78 is 12.2. The van der Waals surface area contributed by atoms with E-state index < -0.39 is 126 Å². The third-order valence-corrected chi connectivity index (χ3v) is 17.6. The van der Waals surface area contributed by atoms with Gasteiger partial charge in [-0.05, 0) is 88.3 Å². The van der Waals surface area contributed by atoms with Gasteiger partial charge in [-0.15, -0.1) is 0 Å². The zero-order chi connectivity index (χ0) is 70.0. The number of carboxylic acid groups (broad SMARTS) is 2. The minimum atomic E-state index is -1.56. The van der Waals surface area contributed by atoms with Crippen molar-refractivity contribution in [3.63, 3.8) is 0 Å². The SMILES string of the molecule is CC[C@H](C)[C@@H]([C@@H](CC(=O)N1CCC[C@H]1[C@H](OC)[C@@H](C)C(=O)N[C@@H](Cc1ccccc1)C(=O)N[C@@H](CCC(=O)O)C(=O)N[C@@H](CCCCNC(=O)CCN1C(=O)C=CC1=O)C(=O)O)OC)N(C)C(=O)[C@@H](NC(=O)[C@H](C(C)C)N(C)CCCCN(C)C(=O)C(C)(C)C)C(C)C. The van der Waals surface area contributed by atoms with E-state index in [1.165, 1.54) is 14.2 Å². The monoisotopic (exact) mass is 1310 g/mol. The van der Waals surface area contributed by atoms with E-state index in [0.717, 1.165) is 29.9 Å². The highest BCUT2D eigenvalue weighted by molar-refractivity contribution is 6.13. The first kappa shape index (κ1) is 79.9. The maximum Gasteiger partial charge on any atom is 0.326 e. The number of amides is 10. The molecule has 10 amide bonds. The van der Waals surface area contributed by atoms with Gasteiger partial charge in [-0.1, -0.05) is 106 Å². The number of carboxylic acids is 2. The Morgan fingerprint density at radius 3 is 1.87 bits per heavy atom. The first-order chi connectivity index (χ1) is 43.7. The van der Waals surface area contributed by atoms with Crippen LogP contribution in [0, 0.1) is 29.1 Å². The van der Waals surface area contributed by atoms with Crippen molar-refractivity contribution < 1.29 is 77.2 Å². The lowest BCUT2D eigenvalue weighted by atomic mass is 9.89. The zero-order valence-corrected chi connectivity index (χ0v) is 57.6. The molecule has 3 rings (SSSR count). The lowest BCUT2D eigenvalue weighted by Gasteiger charge is -2.41. The molecule has 0 radical (unpaired) electrons. The number of nitrogens with one attached hydrogen (secondary N) is 5. The van der Waals surface area contributed by atoms with Crippen LogP contribution in [-0.4, -0.2) is 228 Å². The first-order valence-corrected chi connectivity index (χ1v) is 32.8. The number of methoxy groups -OCH3 is 2. The molecule has 2 aliphatic rings. The topological polar surface area (TPSA) is 340 Å². The first-order valence-electron chi connectivity index (χ1n) is 32.8. The normalized spacial score (nSPS) is 17.4. The van der Waals surface area contributed by atoms with Crippen LogP contribution in [-0.2, 0) is 73.4 Å². The van der Waals surface area contributed by atoms with E-state index in [4.69, 9.17) is 9.47 Å². The molecule has 0 saturated carbocycles. The number of likely N-dealkylation sites (tertiary alicyclic amines) is 1. The molecule has 1 aromatic carbocycles. The van der Waals surface area contributed by atoms with E-state index in [0.29, 0.717) is 44.5 Å². The highest BCUT2D eigenvalue weighted by Crippen LogP contribution is 2.30. The second kappa shape index (κ2) is 38.8. The van der Waals surface area contributed by atoms with Gasteiger partial charge in [0.25, 0.3) is 11.8 Å². The molecule has 1 aromatic rings. The van der Waals surface area contributed by atoms with Crippen LogP contribution in [0.25, 0.3) is 0 Å².